The lowest BCUT2D eigenvalue weighted by atomic mass is 10.3. The highest BCUT2D eigenvalue weighted by Crippen LogP contribution is 2.18. The average Bonchev–Trinajstić information content (AvgIpc) is 2.40. The first-order chi connectivity index (χ1) is 9.95. The molecule has 2 rings (SSSR count). The van der Waals surface area contributed by atoms with Crippen LogP contribution in [0.5, 0.6) is 0 Å². The Morgan fingerprint density at radius 3 is 2.62 bits per heavy atom. The first-order valence-corrected chi connectivity index (χ1v) is 6.64. The maximum atomic E-state index is 13.6. The van der Waals surface area contributed by atoms with Crippen molar-refractivity contribution < 1.29 is 9.18 Å². The minimum Gasteiger partial charge on any atom is -0.349 e. The Labute approximate surface area is 122 Å². The lowest BCUT2D eigenvalue weighted by Gasteiger charge is -2.11. The lowest BCUT2D eigenvalue weighted by Crippen LogP contribution is -2.31. The molecule has 0 saturated heterocycles. The Bertz CT molecular complexity index is 658. The van der Waals surface area contributed by atoms with Gasteiger partial charge in [-0.15, -0.1) is 0 Å². The number of aryl methyl sites for hydroxylation is 1. The third-order valence-corrected chi connectivity index (χ3v) is 2.63. The molecular weight excluding hydrogens is 271 g/mol. The maximum Gasteiger partial charge on any atom is 0.270 e. The summed E-state index contributed by atoms with van der Waals surface area (Å²) in [4.78, 5) is 20.2. The molecule has 0 fully saturated rings. The summed E-state index contributed by atoms with van der Waals surface area (Å²) in [7, 11) is 0. The van der Waals surface area contributed by atoms with E-state index in [4.69, 9.17) is 0 Å². The number of amides is 1. The molecule has 0 unspecified atom stereocenters. The third kappa shape index (κ3) is 3.98. The van der Waals surface area contributed by atoms with Gasteiger partial charge in [-0.3, -0.25) is 4.79 Å². The fourth-order valence-electron chi connectivity index (χ4n) is 1.78. The molecule has 6 heteroatoms. The number of rotatable bonds is 4. The smallest absolute Gasteiger partial charge is 0.270 e. The van der Waals surface area contributed by atoms with Gasteiger partial charge >= 0.3 is 0 Å². The maximum absolute atomic E-state index is 13.6. The Morgan fingerprint density at radius 1 is 1.24 bits per heavy atom. The number of para-hydroxylation sites is 1. The van der Waals surface area contributed by atoms with Crippen LogP contribution in [0.3, 0.4) is 0 Å². The van der Waals surface area contributed by atoms with Gasteiger partial charge < -0.3 is 10.6 Å². The van der Waals surface area contributed by atoms with Crippen LogP contribution >= 0.6 is 0 Å². The molecule has 0 saturated carbocycles. The van der Waals surface area contributed by atoms with E-state index in [9.17, 15) is 9.18 Å². The normalized spacial score (nSPS) is 10.5. The number of nitrogens with one attached hydrogen (secondary N) is 2. The van der Waals surface area contributed by atoms with E-state index in [2.05, 4.69) is 20.6 Å². The molecule has 110 valence electrons. The molecule has 0 aliphatic carbocycles. The molecule has 1 aromatic heterocycles. The summed E-state index contributed by atoms with van der Waals surface area (Å²) in [5, 5.41) is 5.61. The van der Waals surface area contributed by atoms with E-state index in [1.54, 1.807) is 25.1 Å². The minimum atomic E-state index is -0.387. The number of halogens is 1. The van der Waals surface area contributed by atoms with Crippen molar-refractivity contribution in [1.82, 2.24) is 15.3 Å². The number of carbonyl (C=O) groups is 1. The van der Waals surface area contributed by atoms with Crippen LogP contribution in [0.4, 0.5) is 15.9 Å². The molecule has 21 heavy (non-hydrogen) atoms. The minimum absolute atomic E-state index is 0.00995. The van der Waals surface area contributed by atoms with Gasteiger partial charge in [-0.05, 0) is 32.9 Å². The van der Waals surface area contributed by atoms with Crippen molar-refractivity contribution in [2.24, 2.45) is 0 Å². The zero-order chi connectivity index (χ0) is 15.4. The number of hydrogen-bond acceptors (Lipinski definition) is 4. The van der Waals surface area contributed by atoms with Crippen molar-refractivity contribution in [2.75, 3.05) is 5.32 Å². The van der Waals surface area contributed by atoms with Gasteiger partial charge in [-0.25, -0.2) is 14.4 Å². The highest BCUT2D eigenvalue weighted by atomic mass is 19.1. The van der Waals surface area contributed by atoms with Crippen LogP contribution in [0.15, 0.2) is 30.3 Å². The Morgan fingerprint density at radius 2 is 1.95 bits per heavy atom. The van der Waals surface area contributed by atoms with Gasteiger partial charge in [0.2, 0.25) is 0 Å². The van der Waals surface area contributed by atoms with Gasteiger partial charge in [0.25, 0.3) is 5.91 Å². The highest BCUT2D eigenvalue weighted by Gasteiger charge is 2.12. The standard InChI is InChI=1S/C15H17FN4O/c1-9(2)17-15(21)13-8-14(19-10(3)18-13)20-12-7-5-4-6-11(12)16/h4-9H,1-3H3,(H,17,21)(H,18,19,20). The van der Waals surface area contributed by atoms with Crippen LogP contribution in [0.1, 0.15) is 30.2 Å². The number of nitrogens with zero attached hydrogens (tertiary/aromatic N) is 2. The van der Waals surface area contributed by atoms with Gasteiger partial charge in [0.05, 0.1) is 5.69 Å². The van der Waals surface area contributed by atoms with Crippen LogP contribution in [0.2, 0.25) is 0 Å². The van der Waals surface area contributed by atoms with E-state index < -0.39 is 0 Å². The van der Waals surface area contributed by atoms with Crippen molar-refractivity contribution in [3.05, 3.63) is 47.7 Å². The molecule has 0 aliphatic rings. The molecule has 0 bridgehead atoms. The van der Waals surface area contributed by atoms with Crippen molar-refractivity contribution in [3.63, 3.8) is 0 Å². The molecule has 0 radical (unpaired) electrons. The molecule has 5 nitrogen and oxygen atoms in total. The second-order valence-electron chi connectivity index (χ2n) is 4.92. The fraction of sp³-hybridized carbons (Fsp3) is 0.267. The number of aromatic nitrogens is 2. The van der Waals surface area contributed by atoms with E-state index in [0.717, 1.165) is 0 Å². The number of anilines is 2. The van der Waals surface area contributed by atoms with Gasteiger partial charge in [0, 0.05) is 12.1 Å². The topological polar surface area (TPSA) is 66.9 Å². The molecule has 2 N–H and O–H groups in total. The van der Waals surface area contributed by atoms with E-state index in [1.807, 2.05) is 13.8 Å². The monoisotopic (exact) mass is 288 g/mol. The molecule has 1 amide bonds. The zero-order valence-electron chi connectivity index (χ0n) is 12.1. The predicted octanol–water partition coefficient (Wildman–Crippen LogP) is 2.81. The predicted molar refractivity (Wildman–Crippen MR) is 79.1 cm³/mol. The summed E-state index contributed by atoms with van der Waals surface area (Å²) in [6.07, 6.45) is 0. The molecule has 0 atom stereocenters. The molecule has 1 aromatic carbocycles. The lowest BCUT2D eigenvalue weighted by molar-refractivity contribution is 0.0937. The summed E-state index contributed by atoms with van der Waals surface area (Å²) in [6.45, 7) is 5.41. The first-order valence-electron chi connectivity index (χ1n) is 6.64. The van der Waals surface area contributed by atoms with Gasteiger partial charge in [-0.1, -0.05) is 12.1 Å². The Hall–Kier alpha value is -2.50. The summed E-state index contributed by atoms with van der Waals surface area (Å²) < 4.78 is 13.6. The molecular formula is C15H17FN4O. The van der Waals surface area contributed by atoms with Crippen LogP contribution in [-0.2, 0) is 0 Å². The van der Waals surface area contributed by atoms with Crippen LogP contribution in [0.25, 0.3) is 0 Å². The highest BCUT2D eigenvalue weighted by molar-refractivity contribution is 5.93. The largest absolute Gasteiger partial charge is 0.349 e. The van der Waals surface area contributed by atoms with Crippen LogP contribution < -0.4 is 10.6 Å². The number of carbonyl (C=O) groups excluding carboxylic acids is 1. The fourth-order valence-corrected chi connectivity index (χ4v) is 1.78. The van der Waals surface area contributed by atoms with Gasteiger partial charge in [0.1, 0.15) is 23.2 Å². The summed E-state index contributed by atoms with van der Waals surface area (Å²) >= 11 is 0. The average molecular weight is 288 g/mol. The van der Waals surface area contributed by atoms with Crippen LogP contribution in [-0.4, -0.2) is 21.9 Å². The van der Waals surface area contributed by atoms with Crippen LogP contribution in [0, 0.1) is 12.7 Å². The quantitative estimate of drug-likeness (QED) is 0.908. The molecule has 0 aliphatic heterocycles. The second kappa shape index (κ2) is 6.30. The van der Waals surface area contributed by atoms with Crippen molar-refractivity contribution in [1.29, 1.82) is 0 Å². The molecule has 2 aromatic rings. The Balaban J connectivity index is 2.27. The van der Waals surface area contributed by atoms with Crippen molar-refractivity contribution in [3.8, 4) is 0 Å². The van der Waals surface area contributed by atoms with Gasteiger partial charge in [0.15, 0.2) is 0 Å². The molecule has 0 spiro atoms. The van der Waals surface area contributed by atoms with E-state index in [0.29, 0.717) is 17.3 Å². The third-order valence-electron chi connectivity index (χ3n) is 2.63. The zero-order valence-corrected chi connectivity index (χ0v) is 12.1. The Kier molecular flexibility index (Phi) is 4.47. The van der Waals surface area contributed by atoms with Crippen molar-refractivity contribution >= 4 is 17.4 Å². The van der Waals surface area contributed by atoms with E-state index in [-0.39, 0.29) is 23.5 Å². The summed E-state index contributed by atoms with van der Waals surface area (Å²) in [6, 6.07) is 7.77. The first kappa shape index (κ1) is 14.9. The van der Waals surface area contributed by atoms with Gasteiger partial charge in [-0.2, -0.15) is 0 Å². The number of benzene rings is 1. The van der Waals surface area contributed by atoms with E-state index >= 15 is 0 Å². The summed E-state index contributed by atoms with van der Waals surface area (Å²) in [5.74, 6) is 0.140. The van der Waals surface area contributed by atoms with E-state index in [1.165, 1.54) is 12.1 Å². The second-order valence-corrected chi connectivity index (χ2v) is 4.92. The SMILES string of the molecule is Cc1nc(Nc2ccccc2F)cc(C(=O)NC(C)C)n1. The van der Waals surface area contributed by atoms with Crippen molar-refractivity contribution in [2.45, 2.75) is 26.8 Å². The number of hydrogen-bond donors (Lipinski definition) is 2. The summed E-state index contributed by atoms with van der Waals surface area (Å²) in [5.41, 5.74) is 0.542. The molecule has 1 heterocycles.